The molecule has 1 saturated heterocycles. The molecule has 110 valence electrons. The normalized spacial score (nSPS) is 20.8. The smallest absolute Gasteiger partial charge is 0.272 e. The van der Waals surface area contributed by atoms with Gasteiger partial charge in [-0.2, -0.15) is 0 Å². The van der Waals surface area contributed by atoms with Crippen LogP contribution in [0.3, 0.4) is 0 Å². The van der Waals surface area contributed by atoms with Crippen LogP contribution in [-0.4, -0.2) is 48.3 Å². The zero-order valence-corrected chi connectivity index (χ0v) is 12.5. The molecule has 1 fully saturated rings. The number of carbonyl (C=O) groups excluding carboxylic acids is 1. The van der Waals surface area contributed by atoms with Crippen molar-refractivity contribution < 1.29 is 13.2 Å². The largest absolute Gasteiger partial charge is 0.333 e. The Hall–Kier alpha value is -1.43. The zero-order valence-electron chi connectivity index (χ0n) is 11.7. The van der Waals surface area contributed by atoms with Crippen LogP contribution in [0.1, 0.15) is 36.7 Å². The first-order chi connectivity index (χ1) is 9.53. The summed E-state index contributed by atoms with van der Waals surface area (Å²) >= 11 is 0. The molecule has 1 aromatic rings. The van der Waals surface area contributed by atoms with Crippen molar-refractivity contribution in [3.05, 3.63) is 30.1 Å². The van der Waals surface area contributed by atoms with Crippen LogP contribution in [0, 0.1) is 0 Å². The quantitative estimate of drug-likeness (QED) is 0.826. The highest BCUT2D eigenvalue weighted by Gasteiger charge is 2.34. The molecule has 1 amide bonds. The van der Waals surface area contributed by atoms with E-state index in [-0.39, 0.29) is 23.5 Å². The summed E-state index contributed by atoms with van der Waals surface area (Å²) in [5.74, 6) is 0.0894. The Morgan fingerprint density at radius 2 is 2.25 bits per heavy atom. The van der Waals surface area contributed by atoms with E-state index in [0.29, 0.717) is 18.7 Å². The van der Waals surface area contributed by atoms with Gasteiger partial charge in [0.15, 0.2) is 9.84 Å². The number of pyridine rings is 1. The van der Waals surface area contributed by atoms with Crippen LogP contribution in [-0.2, 0) is 9.84 Å². The van der Waals surface area contributed by atoms with Gasteiger partial charge < -0.3 is 4.90 Å². The van der Waals surface area contributed by atoms with Gasteiger partial charge in [-0.25, -0.2) is 8.42 Å². The van der Waals surface area contributed by atoms with Crippen molar-refractivity contribution in [3.63, 3.8) is 0 Å². The van der Waals surface area contributed by atoms with Gasteiger partial charge in [0.05, 0.1) is 11.5 Å². The Kier molecular flexibility index (Phi) is 4.75. The van der Waals surface area contributed by atoms with Gasteiger partial charge in [-0.15, -0.1) is 0 Å². The predicted octanol–water partition coefficient (Wildman–Crippen LogP) is 1.51. The molecular formula is C14H20N2O3S. The summed E-state index contributed by atoms with van der Waals surface area (Å²) in [5.41, 5.74) is 0.382. The highest BCUT2D eigenvalue weighted by molar-refractivity contribution is 7.91. The van der Waals surface area contributed by atoms with Crippen LogP contribution >= 0.6 is 0 Å². The van der Waals surface area contributed by atoms with Crippen molar-refractivity contribution in [2.75, 3.05) is 18.1 Å². The lowest BCUT2D eigenvalue weighted by molar-refractivity contribution is 0.0688. The molecular weight excluding hydrogens is 276 g/mol. The lowest BCUT2D eigenvalue weighted by atomic mass is 10.1. The fraction of sp³-hybridized carbons (Fsp3) is 0.571. The molecule has 0 N–H and O–H groups in total. The highest BCUT2D eigenvalue weighted by atomic mass is 32.2. The maximum atomic E-state index is 12.5. The van der Waals surface area contributed by atoms with E-state index < -0.39 is 9.84 Å². The summed E-state index contributed by atoms with van der Waals surface area (Å²) in [7, 11) is -3.00. The Morgan fingerprint density at radius 3 is 2.80 bits per heavy atom. The molecule has 6 heteroatoms. The fourth-order valence-corrected chi connectivity index (χ4v) is 4.17. The molecule has 0 aromatic carbocycles. The maximum Gasteiger partial charge on any atom is 0.272 e. The zero-order chi connectivity index (χ0) is 14.6. The number of unbranched alkanes of at least 4 members (excludes halogenated alkanes) is 1. The molecule has 2 heterocycles. The highest BCUT2D eigenvalue weighted by Crippen LogP contribution is 2.20. The average Bonchev–Trinajstić information content (AvgIpc) is 2.80. The van der Waals surface area contributed by atoms with E-state index in [1.807, 2.05) is 0 Å². The third kappa shape index (κ3) is 3.56. The number of aromatic nitrogens is 1. The van der Waals surface area contributed by atoms with Gasteiger partial charge in [-0.3, -0.25) is 9.78 Å². The van der Waals surface area contributed by atoms with E-state index in [4.69, 9.17) is 0 Å². The molecule has 0 bridgehead atoms. The molecule has 0 spiro atoms. The second-order valence-electron chi connectivity index (χ2n) is 5.12. The molecule has 0 radical (unpaired) electrons. The fourth-order valence-electron chi connectivity index (χ4n) is 2.44. The number of hydrogen-bond donors (Lipinski definition) is 0. The number of carbonyl (C=O) groups is 1. The first kappa shape index (κ1) is 15.0. The van der Waals surface area contributed by atoms with E-state index in [2.05, 4.69) is 11.9 Å². The number of amides is 1. The SMILES string of the molecule is CCCCN(C(=O)c1ccccn1)C1CCS(=O)(=O)C1. The molecule has 1 aromatic heterocycles. The lowest BCUT2D eigenvalue weighted by Gasteiger charge is -2.27. The van der Waals surface area contributed by atoms with Crippen molar-refractivity contribution in [3.8, 4) is 0 Å². The van der Waals surface area contributed by atoms with Crippen molar-refractivity contribution >= 4 is 15.7 Å². The van der Waals surface area contributed by atoms with Crippen LogP contribution < -0.4 is 0 Å². The van der Waals surface area contributed by atoms with E-state index in [1.165, 1.54) is 0 Å². The third-order valence-electron chi connectivity index (χ3n) is 3.55. The molecule has 1 aliphatic heterocycles. The van der Waals surface area contributed by atoms with Crippen LogP contribution in [0.15, 0.2) is 24.4 Å². The second-order valence-corrected chi connectivity index (χ2v) is 7.35. The number of sulfone groups is 1. The summed E-state index contributed by atoms with van der Waals surface area (Å²) in [6.07, 6.45) is 3.95. The third-order valence-corrected chi connectivity index (χ3v) is 5.30. The number of rotatable bonds is 5. The summed E-state index contributed by atoms with van der Waals surface area (Å²) in [5, 5.41) is 0. The van der Waals surface area contributed by atoms with Gasteiger partial charge in [0.1, 0.15) is 5.69 Å². The molecule has 1 atom stereocenters. The Balaban J connectivity index is 2.17. The minimum atomic E-state index is -3.00. The standard InChI is InChI=1S/C14H20N2O3S/c1-2-3-9-16(12-7-10-20(18,19)11-12)14(17)13-6-4-5-8-15-13/h4-6,8,12H,2-3,7,9-11H2,1H3. The molecule has 5 nitrogen and oxygen atoms in total. The van der Waals surface area contributed by atoms with Crippen LogP contribution in [0.5, 0.6) is 0 Å². The summed E-state index contributed by atoms with van der Waals surface area (Å²) in [6.45, 7) is 2.64. The molecule has 20 heavy (non-hydrogen) atoms. The van der Waals surface area contributed by atoms with Crippen LogP contribution in [0.2, 0.25) is 0 Å². The first-order valence-electron chi connectivity index (χ1n) is 6.96. The Labute approximate surface area is 119 Å². The maximum absolute atomic E-state index is 12.5. The van der Waals surface area contributed by atoms with E-state index in [0.717, 1.165) is 12.8 Å². The Morgan fingerprint density at radius 1 is 1.45 bits per heavy atom. The van der Waals surface area contributed by atoms with E-state index in [9.17, 15) is 13.2 Å². The number of hydrogen-bond acceptors (Lipinski definition) is 4. The minimum Gasteiger partial charge on any atom is -0.333 e. The molecule has 1 aliphatic rings. The second kappa shape index (κ2) is 6.35. The summed E-state index contributed by atoms with van der Waals surface area (Å²) in [4.78, 5) is 18.3. The molecule has 0 aliphatic carbocycles. The first-order valence-corrected chi connectivity index (χ1v) is 8.78. The van der Waals surface area contributed by atoms with Gasteiger partial charge >= 0.3 is 0 Å². The summed E-state index contributed by atoms with van der Waals surface area (Å²) in [6, 6.07) is 4.99. The van der Waals surface area contributed by atoms with Crippen molar-refractivity contribution in [2.45, 2.75) is 32.2 Å². The van der Waals surface area contributed by atoms with Gasteiger partial charge in [0, 0.05) is 18.8 Å². The van der Waals surface area contributed by atoms with E-state index >= 15 is 0 Å². The average molecular weight is 296 g/mol. The predicted molar refractivity (Wildman–Crippen MR) is 77.2 cm³/mol. The topological polar surface area (TPSA) is 67.3 Å². The van der Waals surface area contributed by atoms with E-state index in [1.54, 1.807) is 29.3 Å². The molecule has 1 unspecified atom stereocenters. The van der Waals surface area contributed by atoms with Crippen LogP contribution in [0.4, 0.5) is 0 Å². The van der Waals surface area contributed by atoms with Crippen molar-refractivity contribution in [2.24, 2.45) is 0 Å². The van der Waals surface area contributed by atoms with Gasteiger partial charge in [-0.05, 0) is 25.0 Å². The van der Waals surface area contributed by atoms with Gasteiger partial charge in [0.2, 0.25) is 0 Å². The minimum absolute atomic E-state index is 0.0787. The monoisotopic (exact) mass is 296 g/mol. The van der Waals surface area contributed by atoms with Gasteiger partial charge in [-0.1, -0.05) is 19.4 Å². The van der Waals surface area contributed by atoms with Crippen molar-refractivity contribution in [1.82, 2.24) is 9.88 Å². The van der Waals surface area contributed by atoms with Crippen molar-refractivity contribution in [1.29, 1.82) is 0 Å². The molecule has 0 saturated carbocycles. The molecule has 2 rings (SSSR count). The number of nitrogens with zero attached hydrogens (tertiary/aromatic N) is 2. The Bertz CT molecular complexity index is 557. The van der Waals surface area contributed by atoms with Crippen LogP contribution in [0.25, 0.3) is 0 Å². The van der Waals surface area contributed by atoms with Gasteiger partial charge in [0.25, 0.3) is 5.91 Å². The summed E-state index contributed by atoms with van der Waals surface area (Å²) < 4.78 is 23.2. The lowest BCUT2D eigenvalue weighted by Crippen LogP contribution is -2.42.